The highest BCUT2D eigenvalue weighted by Gasteiger charge is 1.68. The van der Waals surface area contributed by atoms with Crippen LogP contribution in [0.25, 0.3) is 0 Å². The van der Waals surface area contributed by atoms with Crippen LogP contribution < -0.4 is 11.5 Å². The Hall–Kier alpha value is -0.0151. The fraction of sp³-hybridized carbons (Fsp3) is 1.00. The van der Waals surface area contributed by atoms with Crippen LogP contribution in [-0.4, -0.2) is 21.4 Å². The van der Waals surface area contributed by atoms with Crippen molar-refractivity contribution in [3.8, 4) is 0 Å². The average Bonchev–Trinajstić information content (AvgIpc) is 1.75. The first-order chi connectivity index (χ1) is 3.41. The van der Waals surface area contributed by atoms with Crippen molar-refractivity contribution >= 4 is 7.85 Å². The molecular formula is C5H17BN2. The summed E-state index contributed by atoms with van der Waals surface area (Å²) in [6, 6.07) is 0. The average molecular weight is 116 g/mol. The Morgan fingerprint density at radius 1 is 1.38 bits per heavy atom. The van der Waals surface area contributed by atoms with Crippen LogP contribution in [0.4, 0.5) is 0 Å². The molecule has 0 unspecified atom stereocenters. The van der Waals surface area contributed by atoms with Gasteiger partial charge in [-0.15, -0.1) is 0 Å². The maximum absolute atomic E-state index is 5.06. The number of hydrogen-bond acceptors (Lipinski definition) is 2. The normalized spacial score (nSPS) is 5.88. The monoisotopic (exact) mass is 116 g/mol. The minimum Gasteiger partial charge on any atom is -0.333 e. The Morgan fingerprint density at radius 2 is 1.75 bits per heavy atom. The predicted octanol–water partition coefficient (Wildman–Crippen LogP) is 0.133. The van der Waals surface area contributed by atoms with Gasteiger partial charge in [0.1, 0.15) is 0 Å². The van der Waals surface area contributed by atoms with E-state index in [1.165, 1.54) is 7.05 Å². The van der Waals surface area contributed by atoms with Gasteiger partial charge in [-0.2, -0.15) is 0 Å². The van der Waals surface area contributed by atoms with Crippen molar-refractivity contribution < 1.29 is 0 Å². The molecule has 0 amide bonds. The van der Waals surface area contributed by atoms with E-state index in [0.717, 1.165) is 19.3 Å². The fourth-order valence-corrected chi connectivity index (χ4v) is 0.118. The lowest BCUT2D eigenvalue weighted by Crippen LogP contribution is -1.96. The van der Waals surface area contributed by atoms with Crippen molar-refractivity contribution in [1.29, 1.82) is 0 Å². The van der Waals surface area contributed by atoms with Crippen molar-refractivity contribution in [3.05, 3.63) is 0 Å². The van der Waals surface area contributed by atoms with E-state index in [2.05, 4.69) is 5.73 Å². The maximum Gasteiger partial charge on any atom is 0.0653 e. The van der Waals surface area contributed by atoms with Crippen molar-refractivity contribution in [2.24, 2.45) is 11.5 Å². The molecule has 0 aliphatic heterocycles. The van der Waals surface area contributed by atoms with Crippen molar-refractivity contribution in [3.63, 3.8) is 0 Å². The molecule has 0 aliphatic rings. The topological polar surface area (TPSA) is 52.0 Å². The lowest BCUT2D eigenvalue weighted by molar-refractivity contribution is 0.930. The zero-order chi connectivity index (χ0) is 6.12. The molecule has 0 saturated carbocycles. The first-order valence-corrected chi connectivity index (χ1v) is 2.39. The largest absolute Gasteiger partial charge is 0.333 e. The van der Waals surface area contributed by atoms with Gasteiger partial charge in [-0.05, 0) is 20.0 Å². The first kappa shape index (κ1) is 15.7. The van der Waals surface area contributed by atoms with Gasteiger partial charge >= 0.3 is 0 Å². The molecule has 50 valence electrons. The Bertz CT molecular complexity index is 17.9. The predicted molar refractivity (Wildman–Crippen MR) is 41.1 cm³/mol. The lowest BCUT2D eigenvalue weighted by atomic mass is 10.0. The molecule has 0 spiro atoms. The molecule has 0 aromatic rings. The van der Waals surface area contributed by atoms with Gasteiger partial charge in [0, 0.05) is 0 Å². The van der Waals surface area contributed by atoms with Gasteiger partial charge in [-0.1, -0.05) is 13.7 Å². The molecule has 0 rings (SSSR count). The molecule has 0 atom stereocenters. The molecule has 2 radical (unpaired) electrons. The second kappa shape index (κ2) is 28.1. The quantitative estimate of drug-likeness (QED) is 0.504. The third-order valence-corrected chi connectivity index (χ3v) is 0.408. The molecule has 0 aromatic carbocycles. The highest BCUT2D eigenvalue weighted by molar-refractivity contribution is 6.08. The molecule has 3 heteroatoms. The summed E-state index contributed by atoms with van der Waals surface area (Å²) in [5.74, 6) is 0. The van der Waals surface area contributed by atoms with Gasteiger partial charge in [0.25, 0.3) is 0 Å². The van der Waals surface area contributed by atoms with Crippen LogP contribution in [0.1, 0.15) is 13.8 Å². The minimum atomic E-state index is 0. The molecule has 0 heterocycles. The molecule has 0 bridgehead atoms. The second-order valence-electron chi connectivity index (χ2n) is 0.931. The Labute approximate surface area is 54.0 Å². The summed E-state index contributed by atoms with van der Waals surface area (Å²) < 4.78 is 0. The Balaban J connectivity index is -0.0000000750. The van der Waals surface area contributed by atoms with Gasteiger partial charge in [0.2, 0.25) is 0 Å². The highest BCUT2D eigenvalue weighted by atomic mass is 14.5. The van der Waals surface area contributed by atoms with E-state index in [-0.39, 0.29) is 7.43 Å². The molecule has 8 heavy (non-hydrogen) atoms. The zero-order valence-electron chi connectivity index (χ0n) is 4.85. The summed E-state index contributed by atoms with van der Waals surface area (Å²) in [6.07, 6.45) is 1.66. The van der Waals surface area contributed by atoms with Crippen molar-refractivity contribution in [1.82, 2.24) is 0 Å². The Kier molecular flexibility index (Phi) is 55.0. The van der Waals surface area contributed by atoms with Gasteiger partial charge in [-0.25, -0.2) is 0 Å². The first-order valence-electron chi connectivity index (χ1n) is 2.39. The van der Waals surface area contributed by atoms with Crippen LogP contribution in [0.15, 0.2) is 0 Å². The second-order valence-corrected chi connectivity index (χ2v) is 0.931. The van der Waals surface area contributed by atoms with E-state index in [1.54, 1.807) is 0 Å². The van der Waals surface area contributed by atoms with Gasteiger partial charge in [0.15, 0.2) is 0 Å². The van der Waals surface area contributed by atoms with Crippen LogP contribution in [0.3, 0.4) is 0 Å². The van der Waals surface area contributed by atoms with Crippen LogP contribution >= 0.6 is 0 Å². The summed E-state index contributed by atoms with van der Waals surface area (Å²) in [5.41, 5.74) is 9.56. The van der Waals surface area contributed by atoms with Gasteiger partial charge < -0.3 is 11.5 Å². The molecule has 4 N–H and O–H groups in total. The fourth-order valence-electron chi connectivity index (χ4n) is 0.118. The third-order valence-electron chi connectivity index (χ3n) is 0.408. The summed E-state index contributed by atoms with van der Waals surface area (Å²) in [4.78, 5) is 0. The zero-order valence-corrected chi connectivity index (χ0v) is 4.85. The molecule has 0 aliphatic carbocycles. The van der Waals surface area contributed by atoms with Crippen LogP contribution in [0.2, 0.25) is 6.32 Å². The summed E-state index contributed by atoms with van der Waals surface area (Å²) in [5, 5.41) is 0. The summed E-state index contributed by atoms with van der Waals surface area (Å²) in [6.45, 7) is 0.719. The highest BCUT2D eigenvalue weighted by Crippen LogP contribution is 1.74. The molecule has 0 saturated heterocycles. The van der Waals surface area contributed by atoms with E-state index < -0.39 is 0 Å². The molecule has 2 nitrogen and oxygen atoms in total. The standard InChI is InChI=1S/C3H8BN.CH5N.CH4/c4-2-1-3-5;1-2;/h1-3,5H2;2H2,1H3;1H4. The van der Waals surface area contributed by atoms with Crippen LogP contribution in [0.5, 0.6) is 0 Å². The minimum absolute atomic E-state index is 0. The molecule has 0 aromatic heterocycles. The van der Waals surface area contributed by atoms with Gasteiger partial charge in [0.05, 0.1) is 7.85 Å². The van der Waals surface area contributed by atoms with E-state index in [9.17, 15) is 0 Å². The number of hydrogen-bond donors (Lipinski definition) is 2. The molecular weight excluding hydrogens is 98.9 g/mol. The van der Waals surface area contributed by atoms with E-state index in [4.69, 9.17) is 13.6 Å². The van der Waals surface area contributed by atoms with Crippen LogP contribution in [-0.2, 0) is 0 Å². The number of rotatable bonds is 2. The summed E-state index contributed by atoms with van der Waals surface area (Å²) in [7, 11) is 6.56. The lowest BCUT2D eigenvalue weighted by Gasteiger charge is -1.80. The number of nitrogens with two attached hydrogens (primary N) is 2. The van der Waals surface area contributed by atoms with Gasteiger partial charge in [-0.3, -0.25) is 0 Å². The maximum atomic E-state index is 5.06. The van der Waals surface area contributed by atoms with Crippen molar-refractivity contribution in [2.75, 3.05) is 13.6 Å². The Morgan fingerprint density at radius 3 is 1.75 bits per heavy atom. The van der Waals surface area contributed by atoms with Crippen LogP contribution in [0, 0.1) is 0 Å². The van der Waals surface area contributed by atoms with Crippen molar-refractivity contribution in [2.45, 2.75) is 20.2 Å². The smallest absolute Gasteiger partial charge is 0.0653 e. The summed E-state index contributed by atoms with van der Waals surface area (Å²) >= 11 is 0. The third kappa shape index (κ3) is 37.7. The SMILES string of the molecule is C.CN.[B]CCCN. The molecule has 0 fully saturated rings. The van der Waals surface area contributed by atoms with E-state index in [1.807, 2.05) is 0 Å². The van der Waals surface area contributed by atoms with E-state index in [0.29, 0.717) is 0 Å². The van der Waals surface area contributed by atoms with E-state index >= 15 is 0 Å².